The molecular formula is C16H19N3OS. The second kappa shape index (κ2) is 5.77. The molecule has 3 rings (SSSR count). The van der Waals surface area contributed by atoms with E-state index in [1.807, 2.05) is 35.6 Å². The van der Waals surface area contributed by atoms with Crippen LogP contribution in [0.3, 0.4) is 0 Å². The number of benzene rings is 1. The van der Waals surface area contributed by atoms with E-state index in [1.165, 1.54) is 9.75 Å². The first kappa shape index (κ1) is 13.9. The maximum atomic E-state index is 11.6. The molecule has 1 saturated heterocycles. The molecule has 2 heterocycles. The highest BCUT2D eigenvalue weighted by molar-refractivity contribution is 7.12. The lowest BCUT2D eigenvalue weighted by atomic mass is 10.2. The van der Waals surface area contributed by atoms with Gasteiger partial charge in [-0.15, -0.1) is 11.3 Å². The van der Waals surface area contributed by atoms with Gasteiger partial charge in [-0.3, -0.25) is 4.90 Å². The van der Waals surface area contributed by atoms with E-state index in [0.29, 0.717) is 6.54 Å². The number of aryl methyl sites for hydroxylation is 1. The third-order valence-corrected chi connectivity index (χ3v) is 4.79. The summed E-state index contributed by atoms with van der Waals surface area (Å²) in [5, 5.41) is 6.30. The molecule has 0 spiro atoms. The molecule has 0 aliphatic carbocycles. The summed E-state index contributed by atoms with van der Waals surface area (Å²) in [6.07, 6.45) is 0. The Bertz CT molecular complexity index is 635. The molecule has 1 aromatic carbocycles. The Morgan fingerprint density at radius 3 is 2.57 bits per heavy atom. The summed E-state index contributed by atoms with van der Waals surface area (Å²) in [7, 11) is 0. The predicted molar refractivity (Wildman–Crippen MR) is 88.3 cm³/mol. The monoisotopic (exact) mass is 301 g/mol. The van der Waals surface area contributed by atoms with Gasteiger partial charge in [0.1, 0.15) is 0 Å². The minimum absolute atomic E-state index is 0.0156. The van der Waals surface area contributed by atoms with Gasteiger partial charge in [-0.25, -0.2) is 4.79 Å². The van der Waals surface area contributed by atoms with Gasteiger partial charge in [0.15, 0.2) is 0 Å². The van der Waals surface area contributed by atoms with Crippen LogP contribution in [0.5, 0.6) is 0 Å². The Kier molecular flexibility index (Phi) is 3.84. The molecule has 5 heteroatoms. The molecule has 0 bridgehead atoms. The summed E-state index contributed by atoms with van der Waals surface area (Å²) in [6, 6.07) is 12.6. The maximum absolute atomic E-state index is 11.6. The summed E-state index contributed by atoms with van der Waals surface area (Å²) in [5.74, 6) is 0. The van der Waals surface area contributed by atoms with E-state index in [0.717, 1.165) is 17.9 Å². The molecule has 2 amide bonds. The van der Waals surface area contributed by atoms with Gasteiger partial charge in [0, 0.05) is 34.2 Å². The summed E-state index contributed by atoms with van der Waals surface area (Å²) in [4.78, 5) is 16.0. The van der Waals surface area contributed by atoms with E-state index in [9.17, 15) is 4.79 Å². The third-order valence-electron chi connectivity index (χ3n) is 3.61. The van der Waals surface area contributed by atoms with E-state index in [-0.39, 0.29) is 12.1 Å². The first-order valence-electron chi connectivity index (χ1n) is 7.12. The zero-order valence-corrected chi connectivity index (χ0v) is 13.0. The fourth-order valence-electron chi connectivity index (χ4n) is 2.46. The van der Waals surface area contributed by atoms with Crippen LogP contribution in [0.4, 0.5) is 16.2 Å². The van der Waals surface area contributed by atoms with Gasteiger partial charge in [-0.05, 0) is 50.2 Å². The minimum Gasteiger partial charge on any atom is -0.378 e. The summed E-state index contributed by atoms with van der Waals surface area (Å²) in [5.41, 5.74) is 2.01. The van der Waals surface area contributed by atoms with Gasteiger partial charge in [0.2, 0.25) is 0 Å². The minimum atomic E-state index is -0.0156. The molecule has 21 heavy (non-hydrogen) atoms. The zero-order valence-electron chi connectivity index (χ0n) is 12.2. The van der Waals surface area contributed by atoms with Crippen LogP contribution in [0.15, 0.2) is 36.4 Å². The summed E-state index contributed by atoms with van der Waals surface area (Å²) in [6.45, 7) is 5.73. The smallest absolute Gasteiger partial charge is 0.321 e. The fraction of sp³-hybridized carbons (Fsp3) is 0.312. The fourth-order valence-corrected chi connectivity index (χ4v) is 3.34. The molecule has 110 valence electrons. The Morgan fingerprint density at radius 2 is 2.00 bits per heavy atom. The Hall–Kier alpha value is -2.01. The number of nitrogens with one attached hydrogen (secondary N) is 2. The van der Waals surface area contributed by atoms with Crippen molar-refractivity contribution in [2.75, 3.05) is 23.3 Å². The van der Waals surface area contributed by atoms with Crippen LogP contribution < -0.4 is 15.5 Å². The van der Waals surface area contributed by atoms with Crippen molar-refractivity contribution >= 4 is 28.7 Å². The van der Waals surface area contributed by atoms with E-state index < -0.39 is 0 Å². The molecule has 1 atom stereocenters. The number of hydrogen-bond acceptors (Lipinski definition) is 3. The first-order chi connectivity index (χ1) is 10.1. The molecule has 2 aromatic rings. The second-order valence-corrected chi connectivity index (χ2v) is 6.56. The molecule has 0 radical (unpaired) electrons. The van der Waals surface area contributed by atoms with Crippen molar-refractivity contribution < 1.29 is 4.79 Å². The number of carbonyl (C=O) groups excluding carboxylic acids is 1. The maximum Gasteiger partial charge on any atom is 0.321 e. The molecule has 1 fully saturated rings. The Balaban J connectivity index is 1.68. The van der Waals surface area contributed by atoms with Crippen molar-refractivity contribution in [3.05, 3.63) is 46.2 Å². The van der Waals surface area contributed by atoms with Crippen LogP contribution in [0.1, 0.15) is 22.7 Å². The lowest BCUT2D eigenvalue weighted by Gasteiger charge is -2.17. The number of anilines is 2. The van der Waals surface area contributed by atoms with E-state index in [2.05, 4.69) is 36.6 Å². The van der Waals surface area contributed by atoms with Crippen LogP contribution in [-0.2, 0) is 0 Å². The highest BCUT2D eigenvalue weighted by Gasteiger charge is 2.20. The van der Waals surface area contributed by atoms with Crippen LogP contribution in [-0.4, -0.2) is 19.1 Å². The highest BCUT2D eigenvalue weighted by Crippen LogP contribution is 2.27. The number of thiophene rings is 1. The van der Waals surface area contributed by atoms with Crippen molar-refractivity contribution in [3.8, 4) is 0 Å². The van der Waals surface area contributed by atoms with Gasteiger partial charge >= 0.3 is 6.03 Å². The molecule has 2 N–H and O–H groups in total. The van der Waals surface area contributed by atoms with Gasteiger partial charge in [-0.1, -0.05) is 0 Å². The topological polar surface area (TPSA) is 44.4 Å². The third kappa shape index (κ3) is 3.03. The second-order valence-electron chi connectivity index (χ2n) is 5.24. The summed E-state index contributed by atoms with van der Waals surface area (Å²) < 4.78 is 0. The standard InChI is InChI=1S/C16H19N3OS/c1-11-3-8-15(21-11)12(2)18-13-4-6-14(7-5-13)19-10-9-17-16(19)20/h3-8,12,18H,9-10H2,1-2H3,(H,17,20). The molecule has 1 aromatic heterocycles. The average molecular weight is 301 g/mol. The zero-order chi connectivity index (χ0) is 14.8. The van der Waals surface area contributed by atoms with Crippen LogP contribution in [0, 0.1) is 6.92 Å². The van der Waals surface area contributed by atoms with Crippen molar-refractivity contribution in [2.24, 2.45) is 0 Å². The van der Waals surface area contributed by atoms with Crippen LogP contribution in [0.2, 0.25) is 0 Å². The normalized spacial score (nSPS) is 15.9. The SMILES string of the molecule is Cc1ccc(C(C)Nc2ccc(N3CCNC3=O)cc2)s1. The first-order valence-corrected chi connectivity index (χ1v) is 7.93. The van der Waals surface area contributed by atoms with E-state index in [4.69, 9.17) is 0 Å². The number of nitrogens with zero attached hydrogens (tertiary/aromatic N) is 1. The quantitative estimate of drug-likeness (QED) is 0.903. The number of rotatable bonds is 4. The van der Waals surface area contributed by atoms with Gasteiger partial charge in [0.25, 0.3) is 0 Å². The highest BCUT2D eigenvalue weighted by atomic mass is 32.1. The largest absolute Gasteiger partial charge is 0.378 e. The summed E-state index contributed by atoms with van der Waals surface area (Å²) >= 11 is 1.82. The van der Waals surface area contributed by atoms with Crippen molar-refractivity contribution in [1.29, 1.82) is 0 Å². The molecule has 1 unspecified atom stereocenters. The number of urea groups is 1. The molecular weight excluding hydrogens is 282 g/mol. The Labute approximate surface area is 128 Å². The molecule has 4 nitrogen and oxygen atoms in total. The van der Waals surface area contributed by atoms with Crippen LogP contribution >= 0.6 is 11.3 Å². The van der Waals surface area contributed by atoms with Crippen LogP contribution in [0.25, 0.3) is 0 Å². The lowest BCUT2D eigenvalue weighted by Crippen LogP contribution is -2.27. The predicted octanol–water partition coefficient (Wildman–Crippen LogP) is 3.76. The van der Waals surface area contributed by atoms with E-state index >= 15 is 0 Å². The van der Waals surface area contributed by atoms with E-state index in [1.54, 1.807) is 4.90 Å². The number of hydrogen-bond donors (Lipinski definition) is 2. The lowest BCUT2D eigenvalue weighted by molar-refractivity contribution is 0.252. The molecule has 1 aliphatic rings. The Morgan fingerprint density at radius 1 is 1.24 bits per heavy atom. The van der Waals surface area contributed by atoms with Crippen molar-refractivity contribution in [1.82, 2.24) is 5.32 Å². The van der Waals surface area contributed by atoms with Crippen molar-refractivity contribution in [3.63, 3.8) is 0 Å². The molecule has 1 aliphatic heterocycles. The van der Waals surface area contributed by atoms with Gasteiger partial charge in [0.05, 0.1) is 6.04 Å². The number of carbonyl (C=O) groups is 1. The average Bonchev–Trinajstić information content (AvgIpc) is 3.08. The molecule has 0 saturated carbocycles. The van der Waals surface area contributed by atoms with Crippen molar-refractivity contribution in [2.45, 2.75) is 19.9 Å². The van der Waals surface area contributed by atoms with Gasteiger partial charge in [-0.2, -0.15) is 0 Å². The number of amides is 2. The van der Waals surface area contributed by atoms with Gasteiger partial charge < -0.3 is 10.6 Å².